The number of hydrogen-bond acceptors (Lipinski definition) is 3. The van der Waals surface area contributed by atoms with Gasteiger partial charge in [0, 0.05) is 5.92 Å². The van der Waals surface area contributed by atoms with Gasteiger partial charge in [0.2, 0.25) is 0 Å². The lowest BCUT2D eigenvalue weighted by molar-refractivity contribution is 0.0954. The zero-order valence-corrected chi connectivity index (χ0v) is 12.1. The number of nitrogens with zero attached hydrogens (tertiary/aromatic N) is 1. The third kappa shape index (κ3) is 2.23. The lowest BCUT2D eigenvalue weighted by atomic mass is 9.80. The molecule has 1 atom stereocenters. The van der Waals surface area contributed by atoms with Crippen molar-refractivity contribution < 1.29 is 4.79 Å². The molecule has 1 aliphatic rings. The SMILES string of the molecule is Cc1nc(C)c(C(=O)C2CCCc3ccccc32)s1. The maximum absolute atomic E-state index is 12.8. The van der Waals surface area contributed by atoms with Gasteiger partial charge in [-0.05, 0) is 44.2 Å². The largest absolute Gasteiger partial charge is 0.293 e. The first-order valence-corrected chi connectivity index (χ1v) is 7.54. The minimum Gasteiger partial charge on any atom is -0.293 e. The molecule has 19 heavy (non-hydrogen) atoms. The van der Waals surface area contributed by atoms with Crippen LogP contribution in [-0.2, 0) is 6.42 Å². The molecule has 0 saturated heterocycles. The molecule has 0 saturated carbocycles. The van der Waals surface area contributed by atoms with Crippen molar-refractivity contribution in [2.45, 2.75) is 39.0 Å². The summed E-state index contributed by atoms with van der Waals surface area (Å²) in [6, 6.07) is 8.36. The fourth-order valence-corrected chi connectivity index (χ4v) is 3.86. The number of rotatable bonds is 2. The lowest BCUT2D eigenvalue weighted by Crippen LogP contribution is -2.18. The summed E-state index contributed by atoms with van der Waals surface area (Å²) in [5, 5.41) is 0.977. The van der Waals surface area contributed by atoms with Crippen molar-refractivity contribution in [3.63, 3.8) is 0 Å². The van der Waals surface area contributed by atoms with E-state index in [2.05, 4.69) is 23.2 Å². The molecule has 0 N–H and O–H groups in total. The maximum Gasteiger partial charge on any atom is 0.182 e. The molecule has 0 aliphatic heterocycles. The number of Topliss-reactive ketones (excluding diaryl/α,β-unsaturated/α-hetero) is 1. The molecule has 3 rings (SSSR count). The Morgan fingerprint density at radius 1 is 1.32 bits per heavy atom. The number of benzene rings is 1. The highest BCUT2D eigenvalue weighted by Gasteiger charge is 2.29. The summed E-state index contributed by atoms with van der Waals surface area (Å²) in [6.07, 6.45) is 3.16. The molecule has 0 amide bonds. The van der Waals surface area contributed by atoms with Gasteiger partial charge in [0.1, 0.15) is 0 Å². The Morgan fingerprint density at radius 3 is 2.84 bits per heavy atom. The Bertz CT molecular complexity index is 629. The minimum atomic E-state index is 0.0310. The van der Waals surface area contributed by atoms with Crippen molar-refractivity contribution in [3.05, 3.63) is 51.0 Å². The van der Waals surface area contributed by atoms with Gasteiger partial charge in [-0.2, -0.15) is 0 Å². The summed E-state index contributed by atoms with van der Waals surface area (Å²) in [6.45, 7) is 3.90. The number of thiazole rings is 1. The molecule has 0 fully saturated rings. The molecule has 3 heteroatoms. The van der Waals surface area contributed by atoms with Gasteiger partial charge in [0.25, 0.3) is 0 Å². The van der Waals surface area contributed by atoms with Crippen LogP contribution >= 0.6 is 11.3 Å². The molecule has 0 bridgehead atoms. The molecular weight excluding hydrogens is 254 g/mol. The van der Waals surface area contributed by atoms with E-state index < -0.39 is 0 Å². The Hall–Kier alpha value is -1.48. The Labute approximate surface area is 117 Å². The van der Waals surface area contributed by atoms with Crippen LogP contribution in [0.2, 0.25) is 0 Å². The first-order chi connectivity index (χ1) is 9.16. The fraction of sp³-hybridized carbons (Fsp3) is 0.375. The molecular formula is C16H17NOS. The van der Waals surface area contributed by atoms with Gasteiger partial charge in [-0.3, -0.25) is 4.79 Å². The molecule has 1 aliphatic carbocycles. The fourth-order valence-electron chi connectivity index (χ4n) is 2.94. The third-order valence-electron chi connectivity index (χ3n) is 3.81. The minimum absolute atomic E-state index is 0.0310. The average molecular weight is 271 g/mol. The first-order valence-electron chi connectivity index (χ1n) is 6.73. The van der Waals surface area contributed by atoms with Gasteiger partial charge in [0.15, 0.2) is 5.78 Å². The topological polar surface area (TPSA) is 30.0 Å². The standard InChI is InChI=1S/C16H17NOS/c1-10-16(19-11(2)17-10)15(18)14-9-5-7-12-6-3-4-8-13(12)14/h3-4,6,8,14H,5,7,9H2,1-2H3. The van der Waals surface area contributed by atoms with Crippen molar-refractivity contribution >= 4 is 17.1 Å². The summed E-state index contributed by atoms with van der Waals surface area (Å²) in [5.41, 5.74) is 3.45. The van der Waals surface area contributed by atoms with Crippen molar-refractivity contribution in [3.8, 4) is 0 Å². The van der Waals surface area contributed by atoms with E-state index in [0.29, 0.717) is 0 Å². The van der Waals surface area contributed by atoms with Crippen LogP contribution in [0.25, 0.3) is 0 Å². The number of hydrogen-bond donors (Lipinski definition) is 0. The van der Waals surface area contributed by atoms with Crippen LogP contribution in [0.15, 0.2) is 24.3 Å². The zero-order valence-electron chi connectivity index (χ0n) is 11.3. The lowest BCUT2D eigenvalue weighted by Gasteiger charge is -2.24. The van der Waals surface area contributed by atoms with E-state index in [4.69, 9.17) is 0 Å². The molecule has 2 nitrogen and oxygen atoms in total. The summed E-state index contributed by atoms with van der Waals surface area (Å²) in [4.78, 5) is 18.0. The predicted molar refractivity (Wildman–Crippen MR) is 78.0 cm³/mol. The van der Waals surface area contributed by atoms with Crippen LogP contribution in [0.1, 0.15) is 50.3 Å². The van der Waals surface area contributed by atoms with E-state index in [9.17, 15) is 4.79 Å². The first kappa shape index (κ1) is 12.5. The molecule has 0 radical (unpaired) electrons. The second-order valence-corrected chi connectivity index (χ2v) is 6.36. The number of fused-ring (bicyclic) bond motifs is 1. The van der Waals surface area contributed by atoms with E-state index >= 15 is 0 Å². The highest BCUT2D eigenvalue weighted by molar-refractivity contribution is 7.13. The number of aryl methyl sites for hydroxylation is 3. The molecule has 98 valence electrons. The maximum atomic E-state index is 12.8. The van der Waals surface area contributed by atoms with Gasteiger partial charge in [-0.25, -0.2) is 4.98 Å². The van der Waals surface area contributed by atoms with Crippen molar-refractivity contribution in [1.82, 2.24) is 4.98 Å². The Kier molecular flexibility index (Phi) is 3.23. The van der Waals surface area contributed by atoms with Gasteiger partial charge < -0.3 is 0 Å². The quantitative estimate of drug-likeness (QED) is 0.771. The second kappa shape index (κ2) is 4.89. The number of carbonyl (C=O) groups is 1. The van der Waals surface area contributed by atoms with Crippen molar-refractivity contribution in [1.29, 1.82) is 0 Å². The van der Waals surface area contributed by atoms with Crippen LogP contribution in [-0.4, -0.2) is 10.8 Å². The van der Waals surface area contributed by atoms with Crippen molar-refractivity contribution in [2.75, 3.05) is 0 Å². The van der Waals surface area contributed by atoms with Crippen LogP contribution in [0, 0.1) is 13.8 Å². The van der Waals surface area contributed by atoms with E-state index in [1.165, 1.54) is 22.5 Å². The third-order valence-corrected chi connectivity index (χ3v) is 4.90. The van der Waals surface area contributed by atoms with Gasteiger partial charge in [-0.15, -0.1) is 11.3 Å². The average Bonchev–Trinajstić information content (AvgIpc) is 2.76. The van der Waals surface area contributed by atoms with E-state index in [1.807, 2.05) is 19.9 Å². The number of aromatic nitrogens is 1. The summed E-state index contributed by atoms with van der Waals surface area (Å²) in [7, 11) is 0. The number of carbonyl (C=O) groups excluding carboxylic acids is 1. The Balaban J connectivity index is 2.00. The van der Waals surface area contributed by atoms with Crippen LogP contribution in [0.5, 0.6) is 0 Å². The second-order valence-electron chi connectivity index (χ2n) is 5.16. The van der Waals surface area contributed by atoms with Crippen LogP contribution in [0.4, 0.5) is 0 Å². The van der Waals surface area contributed by atoms with E-state index in [0.717, 1.165) is 34.8 Å². The summed E-state index contributed by atoms with van der Waals surface area (Å²) in [5.74, 6) is 0.291. The molecule has 2 aromatic rings. The van der Waals surface area contributed by atoms with Gasteiger partial charge in [0.05, 0.1) is 15.6 Å². The molecule has 0 spiro atoms. The summed E-state index contributed by atoms with van der Waals surface area (Å²) < 4.78 is 0. The zero-order chi connectivity index (χ0) is 13.4. The highest BCUT2D eigenvalue weighted by atomic mass is 32.1. The van der Waals surface area contributed by atoms with Crippen LogP contribution < -0.4 is 0 Å². The van der Waals surface area contributed by atoms with E-state index in [1.54, 1.807) is 0 Å². The highest BCUT2D eigenvalue weighted by Crippen LogP contribution is 2.35. The smallest absolute Gasteiger partial charge is 0.182 e. The molecule has 1 aromatic carbocycles. The van der Waals surface area contributed by atoms with Gasteiger partial charge in [-0.1, -0.05) is 24.3 Å². The van der Waals surface area contributed by atoms with Crippen LogP contribution in [0.3, 0.4) is 0 Å². The van der Waals surface area contributed by atoms with Crippen molar-refractivity contribution in [2.24, 2.45) is 0 Å². The normalized spacial score (nSPS) is 18.1. The van der Waals surface area contributed by atoms with E-state index in [-0.39, 0.29) is 11.7 Å². The monoisotopic (exact) mass is 271 g/mol. The van der Waals surface area contributed by atoms with Gasteiger partial charge >= 0.3 is 0 Å². The summed E-state index contributed by atoms with van der Waals surface area (Å²) >= 11 is 1.53. The Morgan fingerprint density at radius 2 is 2.11 bits per heavy atom. The predicted octanol–water partition coefficient (Wildman–Crippen LogP) is 4.06. The molecule has 1 aromatic heterocycles. The number of ketones is 1. The molecule has 1 unspecified atom stereocenters. The molecule has 1 heterocycles.